The van der Waals surface area contributed by atoms with Gasteiger partial charge in [-0.2, -0.15) is 18.4 Å². The number of carbonyl (C=O) groups excluding carboxylic acids is 1. The topological polar surface area (TPSA) is 113 Å². The van der Waals surface area contributed by atoms with Crippen molar-refractivity contribution < 1.29 is 35.9 Å². The van der Waals surface area contributed by atoms with Gasteiger partial charge in [0.2, 0.25) is 5.60 Å². The number of amides is 1. The number of ether oxygens (including phenoxy) is 1. The Morgan fingerprint density at radius 1 is 1.31 bits per heavy atom. The van der Waals surface area contributed by atoms with E-state index in [-0.39, 0.29) is 16.9 Å². The normalized spacial score (nSPS) is 20.8. The van der Waals surface area contributed by atoms with Crippen molar-refractivity contribution >= 4 is 17.6 Å². The van der Waals surface area contributed by atoms with Gasteiger partial charge in [0, 0.05) is 23.9 Å². The van der Waals surface area contributed by atoms with Crippen molar-refractivity contribution in [3.8, 4) is 6.07 Å². The second kappa shape index (κ2) is 8.37. The monoisotopic (exact) mass is 457 g/mol. The van der Waals surface area contributed by atoms with E-state index in [1.165, 1.54) is 12.1 Å². The Morgan fingerprint density at radius 3 is 2.59 bits per heavy atom. The van der Waals surface area contributed by atoms with E-state index in [1.54, 1.807) is 6.07 Å². The van der Waals surface area contributed by atoms with Gasteiger partial charge in [-0.25, -0.2) is 23.1 Å². The standard InChI is InChI=1S/C19H13F6N5O2/c20-12-3-2-10(29-15(31)13-4-1-9(7-26)8-28-13)5-11(12)18(16(21)22)6-14(19(23,24)25)30-17(27)32-18/h1-5,8,14,16H,6H2,(H2,27,30)(H,29,31)/t14-,18+/m1/s1. The number of anilines is 1. The van der Waals surface area contributed by atoms with E-state index in [4.69, 9.17) is 15.7 Å². The molecule has 0 aliphatic carbocycles. The molecule has 0 fully saturated rings. The average molecular weight is 457 g/mol. The SMILES string of the molecule is N#Cc1ccc(C(=O)Nc2ccc(F)c([C@]3(C(F)F)C[C@H](C(F)(F)F)N=C(N)O3)c2)nc1. The number of nitriles is 1. The summed E-state index contributed by atoms with van der Waals surface area (Å²) in [5, 5.41) is 11.0. The number of hydrogen-bond donors (Lipinski definition) is 2. The summed E-state index contributed by atoms with van der Waals surface area (Å²) < 4.78 is 86.9. The molecule has 0 saturated carbocycles. The molecule has 0 unspecified atom stereocenters. The Hall–Kier alpha value is -3.82. The number of aromatic nitrogens is 1. The molecular formula is C19H13F6N5O2. The van der Waals surface area contributed by atoms with Crippen LogP contribution in [0, 0.1) is 17.1 Å². The maximum atomic E-state index is 14.5. The minimum atomic E-state index is -5.03. The highest BCUT2D eigenvalue weighted by molar-refractivity contribution is 6.02. The van der Waals surface area contributed by atoms with Crippen LogP contribution in [0.4, 0.5) is 32.0 Å². The number of hydrogen-bond acceptors (Lipinski definition) is 6. The Bertz CT molecular complexity index is 1100. The molecule has 3 N–H and O–H groups in total. The van der Waals surface area contributed by atoms with Gasteiger partial charge >= 0.3 is 6.18 Å². The van der Waals surface area contributed by atoms with Gasteiger partial charge in [-0.3, -0.25) is 4.79 Å². The average Bonchev–Trinajstić information content (AvgIpc) is 2.73. The molecule has 1 aromatic heterocycles. The van der Waals surface area contributed by atoms with Gasteiger partial charge in [-0.05, 0) is 30.3 Å². The molecule has 3 rings (SSSR count). The lowest BCUT2D eigenvalue weighted by atomic mass is 9.85. The number of amidine groups is 1. The molecule has 0 saturated heterocycles. The molecule has 0 bridgehead atoms. The fourth-order valence-electron chi connectivity index (χ4n) is 3.06. The van der Waals surface area contributed by atoms with E-state index in [9.17, 15) is 31.1 Å². The lowest BCUT2D eigenvalue weighted by Gasteiger charge is -2.39. The second-order valence-corrected chi connectivity index (χ2v) is 6.71. The minimum Gasteiger partial charge on any atom is -0.448 e. The number of nitrogens with zero attached hydrogens (tertiary/aromatic N) is 3. The Kier molecular flexibility index (Phi) is 5.98. The van der Waals surface area contributed by atoms with E-state index in [2.05, 4.69) is 15.3 Å². The molecule has 0 spiro atoms. The van der Waals surface area contributed by atoms with Gasteiger partial charge in [0.05, 0.1) is 5.56 Å². The van der Waals surface area contributed by atoms with Gasteiger partial charge < -0.3 is 15.8 Å². The van der Waals surface area contributed by atoms with E-state index in [1.807, 2.05) is 0 Å². The van der Waals surface area contributed by atoms with E-state index >= 15 is 0 Å². The summed E-state index contributed by atoms with van der Waals surface area (Å²) >= 11 is 0. The third-order valence-electron chi connectivity index (χ3n) is 4.60. The lowest BCUT2D eigenvalue weighted by molar-refractivity contribution is -0.183. The molecule has 2 aromatic rings. The molecule has 13 heteroatoms. The number of benzene rings is 1. The number of nitrogens with two attached hydrogens (primary N) is 1. The van der Waals surface area contributed by atoms with Gasteiger partial charge in [0.25, 0.3) is 18.4 Å². The summed E-state index contributed by atoms with van der Waals surface area (Å²) in [6.45, 7) is 0. The van der Waals surface area contributed by atoms with E-state index < -0.39 is 54.0 Å². The first-order valence-electron chi connectivity index (χ1n) is 8.81. The van der Waals surface area contributed by atoms with E-state index in [0.717, 1.165) is 18.3 Å². The predicted octanol–water partition coefficient (Wildman–Crippen LogP) is 3.47. The first kappa shape index (κ1) is 22.9. The maximum absolute atomic E-state index is 14.5. The molecule has 1 aliphatic rings. The molecule has 1 aliphatic heterocycles. The van der Waals surface area contributed by atoms with Gasteiger partial charge in [0.15, 0.2) is 6.04 Å². The fourth-order valence-corrected chi connectivity index (χ4v) is 3.06. The van der Waals surface area contributed by atoms with Crippen molar-refractivity contribution in [2.45, 2.75) is 30.7 Å². The lowest BCUT2D eigenvalue weighted by Crippen LogP contribution is -2.51. The Labute approximate surface area is 176 Å². The van der Waals surface area contributed by atoms with Crippen LogP contribution in [0.1, 0.15) is 28.0 Å². The highest BCUT2D eigenvalue weighted by Gasteiger charge is 2.56. The minimum absolute atomic E-state index is 0.152. The van der Waals surface area contributed by atoms with Crippen molar-refractivity contribution in [2.75, 3.05) is 5.32 Å². The molecule has 7 nitrogen and oxygen atoms in total. The van der Waals surface area contributed by atoms with Crippen LogP contribution in [0.3, 0.4) is 0 Å². The number of nitrogens with one attached hydrogen (secondary N) is 1. The third-order valence-corrected chi connectivity index (χ3v) is 4.60. The summed E-state index contributed by atoms with van der Waals surface area (Å²) in [5.74, 6) is -2.13. The number of halogens is 6. The maximum Gasteiger partial charge on any atom is 0.411 e. The molecular weight excluding hydrogens is 444 g/mol. The quantitative estimate of drug-likeness (QED) is 0.683. The summed E-state index contributed by atoms with van der Waals surface area (Å²) in [6.07, 6.45) is -8.97. The predicted molar refractivity (Wildman–Crippen MR) is 98.2 cm³/mol. The van der Waals surface area contributed by atoms with Crippen molar-refractivity contribution in [3.63, 3.8) is 0 Å². The van der Waals surface area contributed by atoms with Crippen LogP contribution in [0.25, 0.3) is 0 Å². The third kappa shape index (κ3) is 4.43. The molecule has 1 aromatic carbocycles. The zero-order chi connectivity index (χ0) is 23.7. The van der Waals surface area contributed by atoms with E-state index in [0.29, 0.717) is 6.07 Å². The highest BCUT2D eigenvalue weighted by atomic mass is 19.4. The van der Waals surface area contributed by atoms with Crippen molar-refractivity contribution in [2.24, 2.45) is 10.7 Å². The first-order chi connectivity index (χ1) is 15.0. The largest absolute Gasteiger partial charge is 0.448 e. The first-order valence-corrected chi connectivity index (χ1v) is 8.81. The second-order valence-electron chi connectivity index (χ2n) is 6.71. The van der Waals surface area contributed by atoms with Crippen LogP contribution in [0.5, 0.6) is 0 Å². The van der Waals surface area contributed by atoms with Gasteiger partial charge in [-0.15, -0.1) is 0 Å². The zero-order valence-corrected chi connectivity index (χ0v) is 15.8. The molecule has 32 heavy (non-hydrogen) atoms. The van der Waals surface area contributed by atoms with Crippen LogP contribution in [0.2, 0.25) is 0 Å². The number of alkyl halides is 5. The van der Waals surface area contributed by atoms with Crippen molar-refractivity contribution in [1.82, 2.24) is 4.98 Å². The molecule has 0 radical (unpaired) electrons. The number of carbonyl (C=O) groups is 1. The highest BCUT2D eigenvalue weighted by Crippen LogP contribution is 2.45. The Balaban J connectivity index is 1.98. The molecule has 2 heterocycles. The number of rotatable bonds is 4. The fraction of sp³-hybridized carbons (Fsp3) is 0.263. The smallest absolute Gasteiger partial charge is 0.411 e. The summed E-state index contributed by atoms with van der Waals surface area (Å²) in [7, 11) is 0. The van der Waals surface area contributed by atoms with Crippen molar-refractivity contribution in [3.05, 3.63) is 59.2 Å². The number of pyridine rings is 1. The molecule has 168 valence electrons. The summed E-state index contributed by atoms with van der Waals surface area (Å²) in [5.41, 5.74) is 0.988. The van der Waals surface area contributed by atoms with Crippen LogP contribution in [-0.4, -0.2) is 35.6 Å². The number of aliphatic imine (C=N–C) groups is 1. The summed E-state index contributed by atoms with van der Waals surface area (Å²) in [4.78, 5) is 19.1. The van der Waals surface area contributed by atoms with Crippen LogP contribution in [-0.2, 0) is 10.3 Å². The van der Waals surface area contributed by atoms with Crippen LogP contribution < -0.4 is 11.1 Å². The summed E-state index contributed by atoms with van der Waals surface area (Å²) in [6, 6.07) is 2.94. The Morgan fingerprint density at radius 2 is 2.03 bits per heavy atom. The molecule has 1 amide bonds. The van der Waals surface area contributed by atoms with Crippen LogP contribution in [0.15, 0.2) is 41.5 Å². The van der Waals surface area contributed by atoms with Crippen molar-refractivity contribution in [1.29, 1.82) is 5.26 Å². The van der Waals surface area contributed by atoms with Gasteiger partial charge in [0.1, 0.15) is 17.6 Å². The molecule has 2 atom stereocenters. The van der Waals surface area contributed by atoms with Gasteiger partial charge in [-0.1, -0.05) is 0 Å². The zero-order valence-electron chi connectivity index (χ0n) is 15.8. The van der Waals surface area contributed by atoms with Crippen LogP contribution >= 0.6 is 0 Å².